The third kappa shape index (κ3) is 1.93. The quantitative estimate of drug-likeness (QED) is 0.902. The van der Waals surface area contributed by atoms with Crippen LogP contribution in [-0.2, 0) is 4.74 Å². The number of hydrogen-bond donors (Lipinski definition) is 1. The summed E-state index contributed by atoms with van der Waals surface area (Å²) in [5.74, 6) is 1.50. The van der Waals surface area contributed by atoms with E-state index >= 15 is 0 Å². The first-order chi connectivity index (χ1) is 8.79. The molecule has 1 aromatic heterocycles. The number of ether oxygens (including phenoxy) is 1. The molecule has 1 N–H and O–H groups in total. The minimum Gasteiger partial charge on any atom is -0.459 e. The van der Waals surface area contributed by atoms with Gasteiger partial charge < -0.3 is 14.5 Å². The van der Waals surface area contributed by atoms with E-state index in [2.05, 4.69) is 24.4 Å². The second kappa shape index (κ2) is 4.75. The summed E-state index contributed by atoms with van der Waals surface area (Å²) >= 11 is 0. The molecule has 18 heavy (non-hydrogen) atoms. The van der Waals surface area contributed by atoms with Gasteiger partial charge in [0.25, 0.3) is 0 Å². The number of para-hydroxylation sites is 1. The lowest BCUT2D eigenvalue weighted by atomic mass is 9.92. The molecular formula is C15H19NO2. The van der Waals surface area contributed by atoms with E-state index in [9.17, 15) is 0 Å². The summed E-state index contributed by atoms with van der Waals surface area (Å²) < 4.78 is 11.6. The van der Waals surface area contributed by atoms with Crippen LogP contribution in [0.2, 0.25) is 0 Å². The van der Waals surface area contributed by atoms with Crippen LogP contribution in [-0.4, -0.2) is 19.8 Å². The van der Waals surface area contributed by atoms with Crippen molar-refractivity contribution < 1.29 is 9.15 Å². The van der Waals surface area contributed by atoms with Gasteiger partial charge in [0, 0.05) is 17.9 Å². The van der Waals surface area contributed by atoms with Gasteiger partial charge in [-0.05, 0) is 32.5 Å². The molecule has 96 valence electrons. The molecule has 1 aromatic carbocycles. The monoisotopic (exact) mass is 245 g/mol. The highest BCUT2D eigenvalue weighted by molar-refractivity contribution is 5.77. The summed E-state index contributed by atoms with van der Waals surface area (Å²) in [5.41, 5.74) is 0.958. The molecule has 3 unspecified atom stereocenters. The van der Waals surface area contributed by atoms with Gasteiger partial charge in [0.1, 0.15) is 11.3 Å². The molecule has 3 heteroatoms. The molecule has 3 rings (SSSR count). The summed E-state index contributed by atoms with van der Waals surface area (Å²) in [6, 6.07) is 10.5. The van der Waals surface area contributed by atoms with Gasteiger partial charge in [0.2, 0.25) is 0 Å². The van der Waals surface area contributed by atoms with Crippen molar-refractivity contribution in [2.24, 2.45) is 5.92 Å². The lowest BCUT2D eigenvalue weighted by Crippen LogP contribution is -2.29. The molecule has 0 amide bonds. The first-order valence-corrected chi connectivity index (χ1v) is 6.57. The maximum atomic E-state index is 5.96. The molecule has 0 radical (unpaired) electrons. The Morgan fingerprint density at radius 1 is 1.33 bits per heavy atom. The minimum absolute atomic E-state index is 0.231. The smallest absolute Gasteiger partial charge is 0.134 e. The Bertz CT molecular complexity index is 501. The number of fused-ring (bicyclic) bond motifs is 1. The van der Waals surface area contributed by atoms with E-state index in [4.69, 9.17) is 9.15 Å². The number of rotatable bonds is 3. The first-order valence-electron chi connectivity index (χ1n) is 6.57. The third-order valence-electron chi connectivity index (χ3n) is 3.93. The Labute approximate surface area is 107 Å². The molecule has 0 bridgehead atoms. The molecule has 1 aliphatic rings. The fourth-order valence-electron chi connectivity index (χ4n) is 2.91. The molecule has 2 heterocycles. The molecule has 3 nitrogen and oxygen atoms in total. The van der Waals surface area contributed by atoms with Crippen molar-refractivity contribution in [2.75, 3.05) is 13.7 Å². The van der Waals surface area contributed by atoms with Crippen molar-refractivity contribution >= 4 is 11.0 Å². The Morgan fingerprint density at radius 2 is 2.17 bits per heavy atom. The first kappa shape index (κ1) is 11.8. The van der Waals surface area contributed by atoms with Crippen LogP contribution in [0, 0.1) is 5.92 Å². The maximum Gasteiger partial charge on any atom is 0.134 e. The van der Waals surface area contributed by atoms with E-state index in [0.29, 0.717) is 5.92 Å². The van der Waals surface area contributed by atoms with Gasteiger partial charge in [-0.3, -0.25) is 0 Å². The van der Waals surface area contributed by atoms with Gasteiger partial charge in [-0.2, -0.15) is 0 Å². The second-order valence-electron chi connectivity index (χ2n) is 4.98. The lowest BCUT2D eigenvalue weighted by molar-refractivity contribution is 0.0938. The van der Waals surface area contributed by atoms with Gasteiger partial charge in [0.15, 0.2) is 0 Å². The molecule has 0 aliphatic carbocycles. The van der Waals surface area contributed by atoms with Crippen LogP contribution in [0.1, 0.15) is 25.1 Å². The van der Waals surface area contributed by atoms with Crippen molar-refractivity contribution in [3.63, 3.8) is 0 Å². The Balaban J connectivity index is 1.95. The largest absolute Gasteiger partial charge is 0.459 e. The standard InChI is InChI=1S/C15H19NO2/c1-10-12(7-8-17-10)15(16-2)14-9-11-5-3-4-6-13(11)18-14/h3-6,9-10,12,15-16H,7-8H2,1-2H3. The van der Waals surface area contributed by atoms with Crippen LogP contribution in [0.15, 0.2) is 34.7 Å². The van der Waals surface area contributed by atoms with Crippen LogP contribution in [0.3, 0.4) is 0 Å². The summed E-state index contributed by atoms with van der Waals surface area (Å²) in [7, 11) is 1.99. The number of nitrogens with one attached hydrogen (secondary N) is 1. The van der Waals surface area contributed by atoms with Gasteiger partial charge in [0.05, 0.1) is 12.1 Å². The molecule has 1 fully saturated rings. The van der Waals surface area contributed by atoms with E-state index in [1.54, 1.807) is 0 Å². The topological polar surface area (TPSA) is 34.4 Å². The second-order valence-corrected chi connectivity index (χ2v) is 4.98. The van der Waals surface area contributed by atoms with Crippen molar-refractivity contribution in [2.45, 2.75) is 25.5 Å². The average molecular weight is 245 g/mol. The molecule has 0 saturated carbocycles. The van der Waals surface area contributed by atoms with Crippen molar-refractivity contribution in [1.29, 1.82) is 0 Å². The lowest BCUT2D eigenvalue weighted by Gasteiger charge is -2.23. The number of benzene rings is 1. The minimum atomic E-state index is 0.231. The Kier molecular flexibility index (Phi) is 3.10. The van der Waals surface area contributed by atoms with Gasteiger partial charge in [-0.25, -0.2) is 0 Å². The predicted octanol–water partition coefficient (Wildman–Crippen LogP) is 3.12. The van der Waals surface area contributed by atoms with Crippen molar-refractivity contribution in [1.82, 2.24) is 5.32 Å². The summed E-state index contributed by atoms with van der Waals surface area (Å²) in [4.78, 5) is 0. The molecule has 3 atom stereocenters. The highest BCUT2D eigenvalue weighted by Gasteiger charge is 2.33. The normalized spacial score (nSPS) is 25.7. The van der Waals surface area contributed by atoms with Crippen LogP contribution >= 0.6 is 0 Å². The molecule has 0 spiro atoms. The highest BCUT2D eigenvalue weighted by atomic mass is 16.5. The third-order valence-corrected chi connectivity index (χ3v) is 3.93. The number of furan rings is 1. The zero-order chi connectivity index (χ0) is 12.5. The molecule has 2 aromatic rings. The van der Waals surface area contributed by atoms with Gasteiger partial charge in [-0.1, -0.05) is 18.2 Å². The van der Waals surface area contributed by atoms with E-state index in [1.165, 1.54) is 5.39 Å². The van der Waals surface area contributed by atoms with E-state index in [-0.39, 0.29) is 12.1 Å². The average Bonchev–Trinajstić information content (AvgIpc) is 2.97. The van der Waals surface area contributed by atoms with Crippen LogP contribution < -0.4 is 5.32 Å². The van der Waals surface area contributed by atoms with E-state index in [1.807, 2.05) is 25.2 Å². The van der Waals surface area contributed by atoms with Crippen molar-refractivity contribution in [3.8, 4) is 0 Å². The zero-order valence-corrected chi connectivity index (χ0v) is 10.8. The zero-order valence-electron chi connectivity index (χ0n) is 10.8. The highest BCUT2D eigenvalue weighted by Crippen LogP contribution is 2.35. The Morgan fingerprint density at radius 3 is 2.83 bits per heavy atom. The summed E-state index contributed by atoms with van der Waals surface area (Å²) in [5, 5.41) is 4.54. The van der Waals surface area contributed by atoms with E-state index in [0.717, 1.165) is 24.4 Å². The summed E-state index contributed by atoms with van der Waals surface area (Å²) in [6.45, 7) is 2.99. The Hall–Kier alpha value is -1.32. The molecule has 1 saturated heterocycles. The van der Waals surface area contributed by atoms with Gasteiger partial charge >= 0.3 is 0 Å². The van der Waals surface area contributed by atoms with Crippen LogP contribution in [0.4, 0.5) is 0 Å². The van der Waals surface area contributed by atoms with Gasteiger partial charge in [-0.15, -0.1) is 0 Å². The number of hydrogen-bond acceptors (Lipinski definition) is 3. The maximum absolute atomic E-state index is 5.96. The van der Waals surface area contributed by atoms with E-state index < -0.39 is 0 Å². The van der Waals surface area contributed by atoms with Crippen LogP contribution in [0.5, 0.6) is 0 Å². The molecular weight excluding hydrogens is 226 g/mol. The molecule has 1 aliphatic heterocycles. The predicted molar refractivity (Wildman–Crippen MR) is 71.5 cm³/mol. The SMILES string of the molecule is CNC(c1cc2ccccc2o1)C1CCOC1C. The van der Waals surface area contributed by atoms with Crippen LogP contribution in [0.25, 0.3) is 11.0 Å². The fraction of sp³-hybridized carbons (Fsp3) is 0.467. The summed E-state index contributed by atoms with van der Waals surface area (Å²) in [6.07, 6.45) is 1.37. The van der Waals surface area contributed by atoms with Crippen molar-refractivity contribution in [3.05, 3.63) is 36.1 Å². The fourth-order valence-corrected chi connectivity index (χ4v) is 2.91.